The van der Waals surface area contributed by atoms with Gasteiger partial charge in [0.2, 0.25) is 5.82 Å². The van der Waals surface area contributed by atoms with E-state index in [0.29, 0.717) is 17.9 Å². The molecule has 2 aromatic carbocycles. The van der Waals surface area contributed by atoms with Gasteiger partial charge in [0.15, 0.2) is 0 Å². The Hall–Kier alpha value is -2.54. The summed E-state index contributed by atoms with van der Waals surface area (Å²) in [5.41, 5.74) is 1.71. The highest BCUT2D eigenvalue weighted by Crippen LogP contribution is 2.31. The van der Waals surface area contributed by atoms with Gasteiger partial charge in [-0.05, 0) is 30.7 Å². The molecule has 0 bridgehead atoms. The Morgan fingerprint density at radius 3 is 2.60 bits per heavy atom. The summed E-state index contributed by atoms with van der Waals surface area (Å²) in [4.78, 5) is 5.89. The smallest absolute Gasteiger partial charge is 0.449 e. The summed E-state index contributed by atoms with van der Waals surface area (Å²) in [5.74, 6) is -0.657. The normalized spacial score (nSPS) is 11.8. The van der Waals surface area contributed by atoms with E-state index in [2.05, 4.69) is 15.3 Å². The molecule has 0 aliphatic carbocycles. The van der Waals surface area contributed by atoms with Gasteiger partial charge in [-0.15, -0.1) is 0 Å². The summed E-state index contributed by atoms with van der Waals surface area (Å²) in [6, 6.07) is 14.8. The van der Waals surface area contributed by atoms with E-state index in [4.69, 9.17) is 4.74 Å². The zero-order valence-corrected chi connectivity index (χ0v) is 13.4. The van der Waals surface area contributed by atoms with Crippen LogP contribution < -0.4 is 10.1 Å². The van der Waals surface area contributed by atoms with Crippen molar-refractivity contribution < 1.29 is 17.9 Å². The summed E-state index contributed by atoms with van der Waals surface area (Å²) in [5, 5.41) is 3.30. The number of ether oxygens (including phenoxy) is 1. The molecule has 0 radical (unpaired) electrons. The number of fused-ring (bicyclic) bond motifs is 1. The van der Waals surface area contributed by atoms with E-state index in [1.165, 1.54) is 5.56 Å². The lowest BCUT2D eigenvalue weighted by Crippen LogP contribution is -2.17. The van der Waals surface area contributed by atoms with Crippen molar-refractivity contribution in [1.82, 2.24) is 15.3 Å². The van der Waals surface area contributed by atoms with Crippen LogP contribution in [0.25, 0.3) is 11.0 Å². The predicted molar refractivity (Wildman–Crippen MR) is 89.4 cm³/mol. The molecule has 0 saturated heterocycles. The first-order valence-corrected chi connectivity index (χ1v) is 7.97. The molecule has 2 N–H and O–H groups in total. The minimum atomic E-state index is -4.50. The van der Waals surface area contributed by atoms with Crippen molar-refractivity contribution in [3.63, 3.8) is 0 Å². The second kappa shape index (κ2) is 7.57. The number of hydrogen-bond donors (Lipinski definition) is 2. The van der Waals surface area contributed by atoms with Crippen LogP contribution in [0.4, 0.5) is 13.2 Å². The third-order valence-electron chi connectivity index (χ3n) is 3.67. The molecule has 0 spiro atoms. The molecular weight excluding hydrogens is 331 g/mol. The summed E-state index contributed by atoms with van der Waals surface area (Å²) in [6.07, 6.45) is -3.77. The standard InChI is InChI=1S/C18H18F3N3O/c19-18(20,21)17-23-14-8-4-9-15(16(14)24-17)25-11-5-10-22-12-13-6-2-1-3-7-13/h1-4,6-9,22H,5,10-12H2,(H,23,24). The van der Waals surface area contributed by atoms with Crippen LogP contribution in [0.3, 0.4) is 0 Å². The largest absolute Gasteiger partial charge is 0.491 e. The van der Waals surface area contributed by atoms with Gasteiger partial charge in [0.25, 0.3) is 0 Å². The van der Waals surface area contributed by atoms with E-state index in [0.717, 1.165) is 19.5 Å². The number of benzene rings is 2. The Balaban J connectivity index is 1.50. The number of nitrogens with one attached hydrogen (secondary N) is 2. The van der Waals surface area contributed by atoms with Crippen molar-refractivity contribution in [2.75, 3.05) is 13.2 Å². The molecule has 0 unspecified atom stereocenters. The molecule has 3 rings (SSSR count). The molecular formula is C18H18F3N3O. The van der Waals surface area contributed by atoms with E-state index in [9.17, 15) is 13.2 Å². The van der Waals surface area contributed by atoms with E-state index in [1.807, 2.05) is 30.3 Å². The zero-order chi connectivity index (χ0) is 17.7. The molecule has 0 aliphatic rings. The van der Waals surface area contributed by atoms with Crippen molar-refractivity contribution in [3.05, 3.63) is 59.9 Å². The van der Waals surface area contributed by atoms with Crippen LogP contribution in [-0.4, -0.2) is 23.1 Å². The number of alkyl halides is 3. The summed E-state index contributed by atoms with van der Waals surface area (Å²) in [6.45, 7) is 1.92. The molecule has 3 aromatic rings. The highest BCUT2D eigenvalue weighted by atomic mass is 19.4. The summed E-state index contributed by atoms with van der Waals surface area (Å²) >= 11 is 0. The van der Waals surface area contributed by atoms with Crippen molar-refractivity contribution in [2.24, 2.45) is 0 Å². The number of halogens is 3. The highest BCUT2D eigenvalue weighted by molar-refractivity contribution is 5.81. The van der Waals surface area contributed by atoms with Crippen LogP contribution in [0.1, 0.15) is 17.8 Å². The molecule has 0 aliphatic heterocycles. The first kappa shape index (κ1) is 17.3. The Bertz CT molecular complexity index is 815. The third-order valence-corrected chi connectivity index (χ3v) is 3.67. The second-order valence-corrected chi connectivity index (χ2v) is 5.60. The maximum absolute atomic E-state index is 12.7. The SMILES string of the molecule is FC(F)(F)c1nc2c(OCCCNCc3ccccc3)cccc2[nH]1. The van der Waals surface area contributed by atoms with E-state index < -0.39 is 12.0 Å². The van der Waals surface area contributed by atoms with Gasteiger partial charge < -0.3 is 15.0 Å². The summed E-state index contributed by atoms with van der Waals surface area (Å²) in [7, 11) is 0. The molecule has 25 heavy (non-hydrogen) atoms. The molecule has 1 aromatic heterocycles. The van der Waals surface area contributed by atoms with Gasteiger partial charge in [-0.25, -0.2) is 4.98 Å². The van der Waals surface area contributed by atoms with Gasteiger partial charge in [0, 0.05) is 6.54 Å². The minimum absolute atomic E-state index is 0.201. The maximum Gasteiger partial charge on any atom is 0.449 e. The van der Waals surface area contributed by atoms with Crippen molar-refractivity contribution in [2.45, 2.75) is 19.1 Å². The fraction of sp³-hybridized carbons (Fsp3) is 0.278. The zero-order valence-electron chi connectivity index (χ0n) is 13.4. The number of rotatable bonds is 7. The second-order valence-electron chi connectivity index (χ2n) is 5.60. The van der Waals surface area contributed by atoms with Gasteiger partial charge in [-0.2, -0.15) is 13.2 Å². The highest BCUT2D eigenvalue weighted by Gasteiger charge is 2.35. The number of H-pyrrole nitrogens is 1. The van der Waals surface area contributed by atoms with Crippen LogP contribution in [0.2, 0.25) is 0 Å². The fourth-order valence-electron chi connectivity index (χ4n) is 2.46. The van der Waals surface area contributed by atoms with Gasteiger partial charge in [0.1, 0.15) is 11.3 Å². The molecule has 7 heteroatoms. The molecule has 1 heterocycles. The van der Waals surface area contributed by atoms with Crippen molar-refractivity contribution >= 4 is 11.0 Å². The number of aromatic amines is 1. The molecule has 4 nitrogen and oxygen atoms in total. The van der Waals surface area contributed by atoms with E-state index >= 15 is 0 Å². The topological polar surface area (TPSA) is 49.9 Å². The Kier molecular flexibility index (Phi) is 5.23. The monoisotopic (exact) mass is 349 g/mol. The van der Waals surface area contributed by atoms with Crippen LogP contribution in [0.5, 0.6) is 5.75 Å². The number of nitrogens with zero attached hydrogens (tertiary/aromatic N) is 1. The van der Waals surface area contributed by atoms with Crippen molar-refractivity contribution in [1.29, 1.82) is 0 Å². The Labute approximate surface area is 143 Å². The molecule has 132 valence electrons. The molecule has 0 saturated carbocycles. The molecule has 0 atom stereocenters. The average molecular weight is 349 g/mol. The minimum Gasteiger partial charge on any atom is -0.491 e. The van der Waals surface area contributed by atoms with Crippen LogP contribution in [0.15, 0.2) is 48.5 Å². The van der Waals surface area contributed by atoms with Crippen LogP contribution in [-0.2, 0) is 12.7 Å². The Morgan fingerprint density at radius 2 is 1.84 bits per heavy atom. The number of aromatic nitrogens is 2. The van der Waals surface area contributed by atoms with E-state index in [-0.39, 0.29) is 5.52 Å². The van der Waals surface area contributed by atoms with Crippen molar-refractivity contribution in [3.8, 4) is 5.75 Å². The van der Waals surface area contributed by atoms with Crippen LogP contribution >= 0.6 is 0 Å². The number of imidazole rings is 1. The maximum atomic E-state index is 12.7. The van der Waals surface area contributed by atoms with Gasteiger partial charge in [0.05, 0.1) is 12.1 Å². The van der Waals surface area contributed by atoms with E-state index in [1.54, 1.807) is 18.2 Å². The lowest BCUT2D eigenvalue weighted by atomic mass is 10.2. The van der Waals surface area contributed by atoms with Crippen LogP contribution in [0, 0.1) is 0 Å². The summed E-state index contributed by atoms with van der Waals surface area (Å²) < 4.78 is 43.8. The first-order valence-electron chi connectivity index (χ1n) is 7.97. The molecule has 0 amide bonds. The quantitative estimate of drug-likeness (QED) is 0.630. The molecule has 0 fully saturated rings. The first-order chi connectivity index (χ1) is 12.0. The third kappa shape index (κ3) is 4.51. The predicted octanol–water partition coefficient (Wildman–Crippen LogP) is 4.14. The van der Waals surface area contributed by atoms with Gasteiger partial charge in [-0.3, -0.25) is 0 Å². The lowest BCUT2D eigenvalue weighted by molar-refractivity contribution is -0.144. The van der Waals surface area contributed by atoms with Gasteiger partial charge in [-0.1, -0.05) is 36.4 Å². The Morgan fingerprint density at radius 1 is 1.04 bits per heavy atom. The lowest BCUT2D eigenvalue weighted by Gasteiger charge is -2.08. The fourth-order valence-corrected chi connectivity index (χ4v) is 2.46. The van der Waals surface area contributed by atoms with Gasteiger partial charge >= 0.3 is 6.18 Å². The number of para-hydroxylation sites is 1. The average Bonchev–Trinajstić information content (AvgIpc) is 3.04. The number of hydrogen-bond acceptors (Lipinski definition) is 3.